The van der Waals surface area contributed by atoms with E-state index in [9.17, 15) is 4.79 Å². The van der Waals surface area contributed by atoms with E-state index in [-0.39, 0.29) is 41.2 Å². The summed E-state index contributed by atoms with van der Waals surface area (Å²) in [4.78, 5) is 12.2. The van der Waals surface area contributed by atoms with Gasteiger partial charge in [-0.3, -0.25) is 0 Å². The van der Waals surface area contributed by atoms with Crippen molar-refractivity contribution in [1.82, 2.24) is 0 Å². The van der Waals surface area contributed by atoms with Gasteiger partial charge in [0.2, 0.25) is 0 Å². The quantitative estimate of drug-likeness (QED) is 0.533. The first kappa shape index (κ1) is 16.8. The summed E-state index contributed by atoms with van der Waals surface area (Å²) in [5.41, 5.74) is 0.228. The van der Waals surface area contributed by atoms with E-state index < -0.39 is 16.8 Å². The number of ether oxygens (including phenoxy) is 5. The Bertz CT molecular complexity index is 880. The third kappa shape index (κ3) is 1.24. The molecular formula is C22H28O6. The predicted molar refractivity (Wildman–Crippen MR) is 96.5 cm³/mol. The molecule has 0 N–H and O–H groups in total. The molecule has 0 aromatic rings. The molecule has 9 unspecified atom stereocenters. The van der Waals surface area contributed by atoms with E-state index in [1.807, 2.05) is 0 Å². The fourth-order valence-corrected chi connectivity index (χ4v) is 8.62. The van der Waals surface area contributed by atoms with Crippen molar-refractivity contribution in [3.63, 3.8) is 0 Å². The van der Waals surface area contributed by atoms with Crippen molar-refractivity contribution in [2.24, 2.45) is 17.3 Å². The van der Waals surface area contributed by atoms with Gasteiger partial charge in [-0.05, 0) is 43.6 Å². The molecule has 152 valence electrons. The number of carbonyl (C=O) groups excluding carboxylic acids is 1. The molecule has 9 atom stereocenters. The van der Waals surface area contributed by atoms with Crippen molar-refractivity contribution >= 4 is 5.97 Å². The monoisotopic (exact) mass is 388 g/mol. The lowest BCUT2D eigenvalue weighted by molar-refractivity contribution is -0.173. The van der Waals surface area contributed by atoms with Crippen molar-refractivity contribution in [3.8, 4) is 0 Å². The van der Waals surface area contributed by atoms with Gasteiger partial charge >= 0.3 is 5.97 Å². The fourth-order valence-electron chi connectivity index (χ4n) is 8.62. The zero-order valence-corrected chi connectivity index (χ0v) is 17.2. The van der Waals surface area contributed by atoms with Crippen LogP contribution in [0, 0.1) is 17.3 Å². The average molecular weight is 388 g/mol. The standard InChI is InChI=1S/C22H28O6/c1-10(2)20-15(27-20)16-22(28-16)18(3)7-6-11-12(9-25-17(11)23)13(18)8-14-21(22,26-14)19(20,4)24-5/h10,13-16H,6-9H2,1-5H3. The predicted octanol–water partition coefficient (Wildman–Crippen LogP) is 2.15. The first-order chi connectivity index (χ1) is 13.2. The minimum atomic E-state index is -0.554. The summed E-state index contributed by atoms with van der Waals surface area (Å²) < 4.78 is 31.6. The maximum absolute atomic E-state index is 12.2. The van der Waals surface area contributed by atoms with Crippen LogP contribution in [0.5, 0.6) is 0 Å². The van der Waals surface area contributed by atoms with E-state index in [1.54, 1.807) is 7.11 Å². The van der Waals surface area contributed by atoms with Crippen LogP contribution >= 0.6 is 0 Å². The maximum atomic E-state index is 12.2. The molecule has 28 heavy (non-hydrogen) atoms. The summed E-state index contributed by atoms with van der Waals surface area (Å²) in [6.45, 7) is 9.41. The van der Waals surface area contributed by atoms with Gasteiger partial charge in [-0.1, -0.05) is 20.8 Å². The summed E-state index contributed by atoms with van der Waals surface area (Å²) in [5, 5.41) is 0. The molecule has 2 saturated carbocycles. The smallest absolute Gasteiger partial charge is 0.334 e. The summed E-state index contributed by atoms with van der Waals surface area (Å²) in [6, 6.07) is 0. The maximum Gasteiger partial charge on any atom is 0.334 e. The lowest BCUT2D eigenvalue weighted by atomic mass is 9.44. The Morgan fingerprint density at radius 3 is 2.61 bits per heavy atom. The van der Waals surface area contributed by atoms with Gasteiger partial charge in [-0.25, -0.2) is 4.79 Å². The minimum Gasteiger partial charge on any atom is -0.458 e. The second-order valence-corrected chi connectivity index (χ2v) is 10.6. The molecule has 0 bridgehead atoms. The Morgan fingerprint density at radius 2 is 1.89 bits per heavy atom. The topological polar surface area (TPSA) is 73.1 Å². The lowest BCUT2D eigenvalue weighted by Gasteiger charge is -2.57. The molecule has 3 saturated heterocycles. The number of cyclic esters (lactones) is 1. The van der Waals surface area contributed by atoms with Gasteiger partial charge < -0.3 is 23.7 Å². The van der Waals surface area contributed by atoms with Crippen LogP contribution in [0.25, 0.3) is 0 Å². The first-order valence-electron chi connectivity index (χ1n) is 10.7. The van der Waals surface area contributed by atoms with Gasteiger partial charge in [0.15, 0.2) is 5.60 Å². The van der Waals surface area contributed by atoms with Crippen molar-refractivity contribution in [2.75, 3.05) is 13.7 Å². The molecule has 7 aliphatic rings. The molecular weight excluding hydrogens is 360 g/mol. The molecule has 0 radical (unpaired) electrons. The van der Waals surface area contributed by atoms with Crippen LogP contribution in [-0.2, 0) is 28.5 Å². The zero-order chi connectivity index (χ0) is 19.5. The van der Waals surface area contributed by atoms with Crippen LogP contribution in [0.2, 0.25) is 0 Å². The number of carbonyl (C=O) groups is 1. The van der Waals surface area contributed by atoms with Crippen LogP contribution in [-0.4, -0.2) is 60.4 Å². The number of esters is 1. The number of fused-ring (bicyclic) bond motifs is 4. The van der Waals surface area contributed by atoms with Gasteiger partial charge in [-0.15, -0.1) is 0 Å². The van der Waals surface area contributed by atoms with Gasteiger partial charge in [0.05, 0.1) is 6.10 Å². The molecule has 6 heteroatoms. The highest BCUT2D eigenvalue weighted by atomic mass is 16.8. The molecule has 4 heterocycles. The molecule has 2 spiro atoms. The van der Waals surface area contributed by atoms with E-state index >= 15 is 0 Å². The highest BCUT2D eigenvalue weighted by Gasteiger charge is 3.03. The molecule has 7 rings (SSSR count). The minimum absolute atomic E-state index is 0.0519. The number of hydrogen-bond donors (Lipinski definition) is 0. The van der Waals surface area contributed by atoms with Gasteiger partial charge in [0, 0.05) is 18.1 Å². The summed E-state index contributed by atoms with van der Waals surface area (Å²) in [7, 11) is 1.80. The van der Waals surface area contributed by atoms with E-state index in [1.165, 1.54) is 5.57 Å². The molecule has 0 aromatic heterocycles. The third-order valence-corrected chi connectivity index (χ3v) is 9.99. The summed E-state index contributed by atoms with van der Waals surface area (Å²) in [6.07, 6.45) is 2.77. The normalized spacial score (nSPS) is 62.1. The highest BCUT2D eigenvalue weighted by Crippen LogP contribution is 2.85. The van der Waals surface area contributed by atoms with Crippen molar-refractivity contribution in [3.05, 3.63) is 11.1 Å². The molecule has 0 amide bonds. The van der Waals surface area contributed by atoms with E-state index in [0.717, 1.165) is 24.8 Å². The van der Waals surface area contributed by atoms with Crippen molar-refractivity contribution in [2.45, 2.75) is 87.7 Å². The van der Waals surface area contributed by atoms with Gasteiger partial charge in [0.25, 0.3) is 0 Å². The van der Waals surface area contributed by atoms with Crippen LogP contribution in [0.15, 0.2) is 11.1 Å². The molecule has 5 fully saturated rings. The molecule has 6 nitrogen and oxygen atoms in total. The largest absolute Gasteiger partial charge is 0.458 e. The Kier molecular flexibility index (Phi) is 2.55. The van der Waals surface area contributed by atoms with E-state index in [0.29, 0.717) is 12.5 Å². The second-order valence-electron chi connectivity index (χ2n) is 10.6. The number of methoxy groups -OCH3 is 1. The number of epoxide rings is 3. The molecule has 3 aliphatic carbocycles. The van der Waals surface area contributed by atoms with Crippen LogP contribution < -0.4 is 0 Å². The lowest BCUT2D eigenvalue weighted by Crippen LogP contribution is -2.74. The number of rotatable bonds is 2. The van der Waals surface area contributed by atoms with Gasteiger partial charge in [0.1, 0.15) is 35.6 Å². The number of hydrogen-bond acceptors (Lipinski definition) is 6. The first-order valence-corrected chi connectivity index (χ1v) is 10.7. The van der Waals surface area contributed by atoms with Crippen LogP contribution in [0.4, 0.5) is 0 Å². The third-order valence-electron chi connectivity index (χ3n) is 9.99. The fraction of sp³-hybridized carbons (Fsp3) is 0.864. The van der Waals surface area contributed by atoms with Crippen molar-refractivity contribution < 1.29 is 28.5 Å². The zero-order valence-electron chi connectivity index (χ0n) is 17.2. The van der Waals surface area contributed by atoms with Gasteiger partial charge in [-0.2, -0.15) is 0 Å². The van der Waals surface area contributed by atoms with Crippen molar-refractivity contribution in [1.29, 1.82) is 0 Å². The van der Waals surface area contributed by atoms with Crippen LogP contribution in [0.1, 0.15) is 47.0 Å². The second kappa shape index (κ2) is 4.25. The Morgan fingerprint density at radius 1 is 1.11 bits per heavy atom. The molecule has 0 aromatic carbocycles. The Labute approximate surface area is 164 Å². The average Bonchev–Trinajstić information content (AvgIpc) is 3.54. The SMILES string of the molecule is COC1(C)C2(C(C)C)OC2C2OC23C2(C)CCC4=C(COC4=O)C2CC2OC213. The highest BCUT2D eigenvalue weighted by molar-refractivity contribution is 5.92. The Hall–Kier alpha value is -0.950. The van der Waals surface area contributed by atoms with E-state index in [4.69, 9.17) is 23.7 Å². The van der Waals surface area contributed by atoms with Crippen LogP contribution in [0.3, 0.4) is 0 Å². The summed E-state index contributed by atoms with van der Waals surface area (Å²) >= 11 is 0. The Balaban J connectivity index is 1.42. The van der Waals surface area contributed by atoms with E-state index in [2.05, 4.69) is 27.7 Å². The molecule has 4 aliphatic heterocycles. The summed E-state index contributed by atoms with van der Waals surface area (Å²) in [5.74, 6) is 0.460.